The van der Waals surface area contributed by atoms with Crippen LogP contribution in [0.25, 0.3) is 21.9 Å². The molecule has 0 fully saturated rings. The van der Waals surface area contributed by atoms with E-state index in [0.29, 0.717) is 0 Å². The molecule has 0 amide bonds. The molecule has 19 heavy (non-hydrogen) atoms. The van der Waals surface area contributed by atoms with Crippen molar-refractivity contribution in [2.75, 3.05) is 0 Å². The van der Waals surface area contributed by atoms with Crippen LogP contribution in [-0.2, 0) is 0 Å². The molecule has 3 aromatic rings. The molecule has 3 rings (SSSR count). The van der Waals surface area contributed by atoms with Gasteiger partial charge in [0.1, 0.15) is 11.2 Å². The van der Waals surface area contributed by atoms with E-state index in [1.807, 2.05) is 49.4 Å². The Kier molecular flexibility index (Phi) is 3.15. The minimum atomic E-state index is -0.122. The van der Waals surface area contributed by atoms with E-state index in [1.165, 1.54) is 0 Å². The summed E-state index contributed by atoms with van der Waals surface area (Å²) in [5.74, 6) is 0.120. The van der Waals surface area contributed by atoms with Crippen LogP contribution < -0.4 is 0 Å². The second kappa shape index (κ2) is 4.82. The Balaban J connectivity index is 2.19. The molecule has 1 unspecified atom stereocenters. The molecule has 2 nitrogen and oxygen atoms in total. The third kappa shape index (κ3) is 2.08. The molecule has 1 heterocycles. The lowest BCUT2D eigenvalue weighted by atomic mass is 10.0. The Morgan fingerprint density at radius 1 is 1.16 bits per heavy atom. The van der Waals surface area contributed by atoms with Crippen LogP contribution in [0.5, 0.6) is 0 Å². The summed E-state index contributed by atoms with van der Waals surface area (Å²) in [6.45, 7) is 1.99. The summed E-state index contributed by atoms with van der Waals surface area (Å²) in [5.41, 5.74) is 2.40. The first-order chi connectivity index (χ1) is 9.20. The van der Waals surface area contributed by atoms with Gasteiger partial charge in [-0.1, -0.05) is 41.1 Å². The summed E-state index contributed by atoms with van der Waals surface area (Å²) in [7, 11) is 0. The Labute approximate surface area is 119 Å². The van der Waals surface area contributed by atoms with E-state index in [2.05, 4.69) is 15.9 Å². The van der Waals surface area contributed by atoms with Crippen LogP contribution >= 0.6 is 15.9 Å². The van der Waals surface area contributed by atoms with Gasteiger partial charge in [0.15, 0.2) is 5.78 Å². The highest BCUT2D eigenvalue weighted by Gasteiger charge is 2.16. The number of ketones is 1. The van der Waals surface area contributed by atoms with E-state index in [1.54, 1.807) is 0 Å². The minimum absolute atomic E-state index is 0.120. The number of rotatable bonds is 3. The number of para-hydroxylation sites is 1. The molecule has 1 aromatic heterocycles. The molecule has 2 aromatic carbocycles. The van der Waals surface area contributed by atoms with E-state index in [9.17, 15) is 4.79 Å². The van der Waals surface area contributed by atoms with Crippen molar-refractivity contribution in [3.63, 3.8) is 0 Å². The van der Waals surface area contributed by atoms with Gasteiger partial charge >= 0.3 is 0 Å². The molecule has 96 valence electrons. The van der Waals surface area contributed by atoms with Crippen molar-refractivity contribution in [3.8, 4) is 0 Å². The molecule has 0 aliphatic carbocycles. The van der Waals surface area contributed by atoms with Gasteiger partial charge in [-0.25, -0.2) is 0 Å². The zero-order valence-electron chi connectivity index (χ0n) is 10.5. The number of hydrogen-bond donors (Lipinski definition) is 0. The summed E-state index contributed by atoms with van der Waals surface area (Å²) < 4.78 is 5.75. The number of Topliss-reactive ketones (excluding diaryl/α,β-unsaturated/α-hetero) is 1. The van der Waals surface area contributed by atoms with E-state index in [0.717, 1.165) is 33.9 Å². The summed E-state index contributed by atoms with van der Waals surface area (Å²) in [6.07, 6.45) is 0.781. The number of fused-ring (bicyclic) bond motifs is 3. The molecule has 0 bridgehead atoms. The van der Waals surface area contributed by atoms with E-state index >= 15 is 0 Å². The van der Waals surface area contributed by atoms with Crippen molar-refractivity contribution in [1.29, 1.82) is 0 Å². The maximum absolute atomic E-state index is 12.2. The number of carbonyl (C=O) groups is 1. The third-order valence-electron chi connectivity index (χ3n) is 3.30. The van der Waals surface area contributed by atoms with Crippen LogP contribution in [0.15, 0.2) is 46.9 Å². The second-order valence-corrected chi connectivity index (χ2v) is 5.65. The molecule has 0 saturated carbocycles. The molecular formula is C16H13BrO2. The molecule has 1 atom stereocenters. The van der Waals surface area contributed by atoms with E-state index in [-0.39, 0.29) is 10.6 Å². The highest BCUT2D eigenvalue weighted by molar-refractivity contribution is 9.10. The lowest BCUT2D eigenvalue weighted by Crippen LogP contribution is -2.12. The Hall–Kier alpha value is -1.61. The highest BCUT2D eigenvalue weighted by Crippen LogP contribution is 2.29. The van der Waals surface area contributed by atoms with Gasteiger partial charge in [-0.15, -0.1) is 0 Å². The Morgan fingerprint density at radius 3 is 2.68 bits per heavy atom. The SMILES string of the molecule is CCC(Br)C(=O)c1ccc2oc3ccccc3c2c1. The first-order valence-electron chi connectivity index (χ1n) is 6.30. The quantitative estimate of drug-likeness (QED) is 0.506. The van der Waals surface area contributed by atoms with Gasteiger partial charge in [-0.2, -0.15) is 0 Å². The number of carbonyl (C=O) groups excluding carboxylic acids is 1. The van der Waals surface area contributed by atoms with Crippen molar-refractivity contribution < 1.29 is 9.21 Å². The summed E-state index contributed by atoms with van der Waals surface area (Å²) >= 11 is 3.41. The highest BCUT2D eigenvalue weighted by atomic mass is 79.9. The predicted octanol–water partition coefficient (Wildman–Crippen LogP) is 4.94. The fourth-order valence-corrected chi connectivity index (χ4v) is 2.51. The fourth-order valence-electron chi connectivity index (χ4n) is 2.25. The van der Waals surface area contributed by atoms with Gasteiger partial charge in [0, 0.05) is 16.3 Å². The first kappa shape index (κ1) is 12.4. The lowest BCUT2D eigenvalue weighted by molar-refractivity contribution is 0.0990. The van der Waals surface area contributed by atoms with Gasteiger partial charge in [0.25, 0.3) is 0 Å². The molecule has 0 aliphatic heterocycles. The fraction of sp³-hybridized carbons (Fsp3) is 0.188. The topological polar surface area (TPSA) is 30.2 Å². The standard InChI is InChI=1S/C16H13BrO2/c1-2-13(17)16(18)10-7-8-15-12(9-10)11-5-3-4-6-14(11)19-15/h3-9,13H,2H2,1H3. The average Bonchev–Trinajstić information content (AvgIpc) is 2.83. The van der Waals surface area contributed by atoms with E-state index < -0.39 is 0 Å². The molecule has 0 saturated heterocycles. The van der Waals surface area contributed by atoms with Crippen LogP contribution in [0.3, 0.4) is 0 Å². The summed E-state index contributed by atoms with van der Waals surface area (Å²) in [6, 6.07) is 13.5. The first-order valence-corrected chi connectivity index (χ1v) is 7.22. The smallest absolute Gasteiger partial charge is 0.176 e. The third-order valence-corrected chi connectivity index (χ3v) is 4.37. The molecular weight excluding hydrogens is 304 g/mol. The van der Waals surface area contributed by atoms with Gasteiger partial charge in [-0.05, 0) is 30.7 Å². The average molecular weight is 317 g/mol. The Morgan fingerprint density at radius 2 is 1.89 bits per heavy atom. The van der Waals surface area contributed by atoms with Crippen molar-refractivity contribution >= 4 is 43.7 Å². The van der Waals surface area contributed by atoms with Crippen LogP contribution in [0.1, 0.15) is 23.7 Å². The largest absolute Gasteiger partial charge is 0.456 e. The number of alkyl halides is 1. The van der Waals surface area contributed by atoms with Crippen LogP contribution in [0.4, 0.5) is 0 Å². The monoisotopic (exact) mass is 316 g/mol. The Bertz CT molecular complexity index is 758. The maximum atomic E-state index is 12.2. The number of halogens is 1. The van der Waals surface area contributed by atoms with Gasteiger partial charge in [0.2, 0.25) is 0 Å². The van der Waals surface area contributed by atoms with Gasteiger partial charge in [0.05, 0.1) is 4.83 Å². The van der Waals surface area contributed by atoms with Crippen molar-refractivity contribution in [2.45, 2.75) is 18.2 Å². The normalized spacial score (nSPS) is 12.9. The molecule has 0 spiro atoms. The van der Waals surface area contributed by atoms with Crippen molar-refractivity contribution in [1.82, 2.24) is 0 Å². The summed E-state index contributed by atoms with van der Waals surface area (Å²) in [5, 5.41) is 2.05. The zero-order chi connectivity index (χ0) is 13.4. The lowest BCUT2D eigenvalue weighted by Gasteiger charge is -2.05. The maximum Gasteiger partial charge on any atom is 0.176 e. The summed E-state index contributed by atoms with van der Waals surface area (Å²) in [4.78, 5) is 12.1. The van der Waals surface area contributed by atoms with Crippen LogP contribution in [0, 0.1) is 0 Å². The van der Waals surface area contributed by atoms with Crippen LogP contribution in [0.2, 0.25) is 0 Å². The van der Waals surface area contributed by atoms with Crippen molar-refractivity contribution in [2.24, 2.45) is 0 Å². The molecule has 0 aliphatic rings. The molecule has 0 radical (unpaired) electrons. The van der Waals surface area contributed by atoms with Gasteiger partial charge in [-0.3, -0.25) is 4.79 Å². The zero-order valence-corrected chi connectivity index (χ0v) is 12.1. The van der Waals surface area contributed by atoms with Crippen LogP contribution in [-0.4, -0.2) is 10.6 Å². The predicted molar refractivity (Wildman–Crippen MR) is 81.1 cm³/mol. The number of hydrogen-bond acceptors (Lipinski definition) is 2. The molecule has 3 heteroatoms. The minimum Gasteiger partial charge on any atom is -0.456 e. The van der Waals surface area contributed by atoms with Crippen molar-refractivity contribution in [3.05, 3.63) is 48.0 Å². The second-order valence-electron chi connectivity index (χ2n) is 4.55. The van der Waals surface area contributed by atoms with E-state index in [4.69, 9.17) is 4.42 Å². The van der Waals surface area contributed by atoms with Gasteiger partial charge < -0.3 is 4.42 Å². The number of furan rings is 1. The number of benzene rings is 2. The molecule has 0 N–H and O–H groups in total.